The van der Waals surface area contributed by atoms with E-state index in [0.29, 0.717) is 30.1 Å². The van der Waals surface area contributed by atoms with Crippen LogP contribution in [-0.4, -0.2) is 19.0 Å². The first-order chi connectivity index (χ1) is 14.4. The molecule has 0 heterocycles. The summed E-state index contributed by atoms with van der Waals surface area (Å²) in [5.41, 5.74) is 6.93. The topological polar surface area (TPSA) is 114 Å². The Labute approximate surface area is 182 Å². The molecule has 0 atom stereocenters. The number of carbonyl (C=O) groups is 2. The average molecular weight is 470 g/mol. The number of methoxy groups -OCH3 is 1. The number of nitrogens with zero attached hydrogens (tertiary/aromatic N) is 1. The second kappa shape index (κ2) is 10.8. The van der Waals surface area contributed by atoms with Crippen molar-refractivity contribution in [2.24, 2.45) is 5.73 Å². The van der Waals surface area contributed by atoms with Gasteiger partial charge >= 0.3 is 6.03 Å². The molecule has 0 bridgehead atoms. The van der Waals surface area contributed by atoms with Crippen LogP contribution in [0.2, 0.25) is 0 Å². The molecule has 0 aromatic heterocycles. The summed E-state index contributed by atoms with van der Waals surface area (Å²) in [5.74, 6) is 0.0904. The van der Waals surface area contributed by atoms with Gasteiger partial charge in [-0.1, -0.05) is 34.1 Å². The Hall–Kier alpha value is -3.57. The van der Waals surface area contributed by atoms with Crippen LogP contribution in [0.15, 0.2) is 59.1 Å². The van der Waals surface area contributed by atoms with E-state index in [-0.39, 0.29) is 5.57 Å². The largest absolute Gasteiger partial charge is 0.493 e. The number of imide groups is 1. The maximum Gasteiger partial charge on any atom is 0.319 e. The van der Waals surface area contributed by atoms with E-state index in [1.54, 1.807) is 24.3 Å². The van der Waals surface area contributed by atoms with Crippen molar-refractivity contribution in [3.05, 3.63) is 75.8 Å². The average Bonchev–Trinajstić information content (AvgIpc) is 2.71. The van der Waals surface area contributed by atoms with Gasteiger partial charge in [-0.05, 0) is 47.9 Å². The number of rotatable bonds is 8. The number of halogens is 1. The van der Waals surface area contributed by atoms with Crippen LogP contribution in [-0.2, 0) is 17.8 Å². The number of nitrogens with one attached hydrogen (secondary N) is 1. The maximum absolute atomic E-state index is 11.9. The summed E-state index contributed by atoms with van der Waals surface area (Å²) in [5, 5.41) is 11.1. The first-order valence-electron chi connectivity index (χ1n) is 8.79. The van der Waals surface area contributed by atoms with Gasteiger partial charge in [-0.2, -0.15) is 5.26 Å². The summed E-state index contributed by atoms with van der Waals surface area (Å²) in [6, 6.07) is 11.8. The molecule has 7 nitrogen and oxygen atoms in total. The van der Waals surface area contributed by atoms with Crippen molar-refractivity contribution >= 4 is 33.9 Å². The fourth-order valence-corrected chi connectivity index (χ4v) is 2.88. The number of benzene rings is 2. The summed E-state index contributed by atoms with van der Waals surface area (Å²) in [6.07, 6.45) is 3.52. The molecule has 0 aliphatic rings. The summed E-state index contributed by atoms with van der Waals surface area (Å²) in [4.78, 5) is 22.8. The number of hydrogen-bond donors (Lipinski definition) is 2. The van der Waals surface area contributed by atoms with E-state index in [1.165, 1.54) is 13.2 Å². The van der Waals surface area contributed by atoms with Crippen LogP contribution in [0.4, 0.5) is 4.79 Å². The van der Waals surface area contributed by atoms with Gasteiger partial charge in [0.15, 0.2) is 11.5 Å². The minimum Gasteiger partial charge on any atom is -0.493 e. The Bertz CT molecular complexity index is 1020. The highest BCUT2D eigenvalue weighted by molar-refractivity contribution is 9.10. The number of primary amides is 1. The molecule has 0 aliphatic carbocycles. The summed E-state index contributed by atoms with van der Waals surface area (Å²) in [6.45, 7) is 4.09. The van der Waals surface area contributed by atoms with E-state index in [1.807, 2.05) is 29.6 Å². The zero-order valence-electron chi connectivity index (χ0n) is 16.3. The minimum atomic E-state index is -1.04. The third-order valence-electron chi connectivity index (χ3n) is 3.95. The Balaban J connectivity index is 2.39. The van der Waals surface area contributed by atoms with Crippen molar-refractivity contribution in [1.82, 2.24) is 5.32 Å². The highest BCUT2D eigenvalue weighted by atomic mass is 79.9. The molecule has 0 saturated heterocycles. The zero-order chi connectivity index (χ0) is 22.1. The van der Waals surface area contributed by atoms with Crippen LogP contribution in [0.1, 0.15) is 16.7 Å². The minimum absolute atomic E-state index is 0.274. The van der Waals surface area contributed by atoms with Gasteiger partial charge in [0.05, 0.1) is 7.11 Å². The molecule has 0 saturated carbocycles. The van der Waals surface area contributed by atoms with E-state index in [4.69, 9.17) is 15.2 Å². The van der Waals surface area contributed by atoms with Crippen LogP contribution in [0, 0.1) is 11.3 Å². The number of allylic oxidation sites excluding steroid dienone is 1. The molecule has 8 heteroatoms. The molecule has 3 N–H and O–H groups in total. The monoisotopic (exact) mass is 469 g/mol. The van der Waals surface area contributed by atoms with Crippen LogP contribution in [0.5, 0.6) is 11.5 Å². The lowest BCUT2D eigenvalue weighted by molar-refractivity contribution is -0.115. The third-order valence-corrected chi connectivity index (χ3v) is 4.48. The number of carbonyl (C=O) groups excluding carboxylic acids is 2. The lowest BCUT2D eigenvalue weighted by Crippen LogP contribution is -2.35. The summed E-state index contributed by atoms with van der Waals surface area (Å²) >= 11 is 3.40. The van der Waals surface area contributed by atoms with E-state index in [9.17, 15) is 14.9 Å². The molecule has 0 spiro atoms. The summed E-state index contributed by atoms with van der Waals surface area (Å²) < 4.78 is 12.5. The molecule has 3 amide bonds. The molecular formula is C22H20BrN3O4. The molecule has 0 aliphatic heterocycles. The van der Waals surface area contributed by atoms with Gasteiger partial charge in [-0.25, -0.2) is 4.79 Å². The van der Waals surface area contributed by atoms with Crippen LogP contribution in [0.3, 0.4) is 0 Å². The first kappa shape index (κ1) is 22.7. The highest BCUT2D eigenvalue weighted by Gasteiger charge is 2.15. The fourth-order valence-electron chi connectivity index (χ4n) is 2.62. The predicted molar refractivity (Wildman–Crippen MR) is 117 cm³/mol. The van der Waals surface area contributed by atoms with Crippen LogP contribution in [0.25, 0.3) is 6.08 Å². The second-order valence-corrected chi connectivity index (χ2v) is 7.02. The molecule has 2 aromatic carbocycles. The maximum atomic E-state index is 11.9. The smallest absolute Gasteiger partial charge is 0.319 e. The van der Waals surface area contributed by atoms with Gasteiger partial charge < -0.3 is 15.2 Å². The Morgan fingerprint density at radius 3 is 2.57 bits per heavy atom. The first-order valence-corrected chi connectivity index (χ1v) is 9.58. The quantitative estimate of drug-likeness (QED) is 0.346. The van der Waals surface area contributed by atoms with Gasteiger partial charge in [0.1, 0.15) is 18.2 Å². The van der Waals surface area contributed by atoms with Crippen LogP contribution >= 0.6 is 15.9 Å². The zero-order valence-corrected chi connectivity index (χ0v) is 17.9. The van der Waals surface area contributed by atoms with Crippen LogP contribution < -0.4 is 20.5 Å². The van der Waals surface area contributed by atoms with Gasteiger partial charge in [0.25, 0.3) is 5.91 Å². The highest BCUT2D eigenvalue weighted by Crippen LogP contribution is 2.35. The Kier molecular flexibility index (Phi) is 8.20. The normalized spacial score (nSPS) is 10.6. The molecule has 30 heavy (non-hydrogen) atoms. The van der Waals surface area contributed by atoms with Crippen molar-refractivity contribution in [2.75, 3.05) is 7.11 Å². The van der Waals surface area contributed by atoms with E-state index in [2.05, 4.69) is 22.5 Å². The van der Waals surface area contributed by atoms with Crippen molar-refractivity contribution < 1.29 is 19.1 Å². The lowest BCUT2D eigenvalue weighted by Gasteiger charge is -2.16. The van der Waals surface area contributed by atoms with Gasteiger partial charge in [0, 0.05) is 10.0 Å². The number of urea groups is 1. The Morgan fingerprint density at radius 1 is 1.30 bits per heavy atom. The molecule has 0 fully saturated rings. The standard InChI is InChI=1S/C22H20BrN3O4/c1-3-4-16-9-15(10-17(12-24)21(27)26-22(25)28)11-19(29-2)20(16)30-13-14-5-7-18(23)8-6-14/h3,5-11H,1,4,13H2,2H3,(H3,25,26,27,28)/b17-10-. The molecule has 154 valence electrons. The lowest BCUT2D eigenvalue weighted by atomic mass is 10.0. The summed E-state index contributed by atoms with van der Waals surface area (Å²) in [7, 11) is 1.50. The number of ether oxygens (including phenoxy) is 2. The molecule has 2 rings (SSSR count). The number of hydrogen-bond acceptors (Lipinski definition) is 5. The van der Waals surface area contributed by atoms with E-state index < -0.39 is 11.9 Å². The molecule has 2 aromatic rings. The Morgan fingerprint density at radius 2 is 2.00 bits per heavy atom. The fraction of sp³-hybridized carbons (Fsp3) is 0.136. The van der Waals surface area contributed by atoms with Gasteiger partial charge in [-0.3, -0.25) is 10.1 Å². The third kappa shape index (κ3) is 6.22. The van der Waals surface area contributed by atoms with E-state index in [0.717, 1.165) is 15.6 Å². The van der Waals surface area contributed by atoms with Gasteiger partial charge in [0.2, 0.25) is 0 Å². The molecular weight excluding hydrogens is 450 g/mol. The van der Waals surface area contributed by atoms with Crippen molar-refractivity contribution in [3.63, 3.8) is 0 Å². The van der Waals surface area contributed by atoms with Crippen molar-refractivity contribution in [2.45, 2.75) is 13.0 Å². The molecule has 0 unspecified atom stereocenters. The van der Waals surface area contributed by atoms with Crippen molar-refractivity contribution in [3.8, 4) is 17.6 Å². The predicted octanol–water partition coefficient (Wildman–Crippen LogP) is 3.87. The molecule has 0 radical (unpaired) electrons. The second-order valence-electron chi connectivity index (χ2n) is 6.11. The van der Waals surface area contributed by atoms with Gasteiger partial charge in [-0.15, -0.1) is 6.58 Å². The number of nitrogens with two attached hydrogens (primary N) is 1. The van der Waals surface area contributed by atoms with E-state index >= 15 is 0 Å². The number of nitriles is 1. The number of amides is 3. The van der Waals surface area contributed by atoms with Crippen molar-refractivity contribution in [1.29, 1.82) is 5.26 Å². The SMILES string of the molecule is C=CCc1cc(/C=C(/C#N)C(=O)NC(N)=O)cc(OC)c1OCc1ccc(Br)cc1.